The summed E-state index contributed by atoms with van der Waals surface area (Å²) in [6.07, 6.45) is 0. The molecule has 1 aromatic carbocycles. The molecular formula is C16H25N3O2. The first-order chi connectivity index (χ1) is 10.0. The number of carbonyl (C=O) groups excluding carboxylic acids is 1. The van der Waals surface area contributed by atoms with Crippen LogP contribution in [0.4, 0.5) is 11.4 Å². The van der Waals surface area contributed by atoms with Gasteiger partial charge in [-0.25, -0.2) is 4.79 Å². The minimum atomic E-state index is -0.300. The molecule has 0 spiro atoms. The van der Waals surface area contributed by atoms with Crippen molar-refractivity contribution in [3.63, 3.8) is 0 Å². The quantitative estimate of drug-likeness (QED) is 0.679. The molecular weight excluding hydrogens is 266 g/mol. The maximum absolute atomic E-state index is 12.1. The van der Waals surface area contributed by atoms with Crippen molar-refractivity contribution in [2.24, 2.45) is 0 Å². The van der Waals surface area contributed by atoms with E-state index >= 15 is 0 Å². The van der Waals surface area contributed by atoms with Crippen LogP contribution in [0.5, 0.6) is 0 Å². The van der Waals surface area contributed by atoms with Crippen LogP contribution < -0.4 is 10.6 Å². The first-order valence-electron chi connectivity index (χ1n) is 7.59. The summed E-state index contributed by atoms with van der Waals surface area (Å²) in [5, 5.41) is 0. The van der Waals surface area contributed by atoms with Gasteiger partial charge in [-0.05, 0) is 32.9 Å². The van der Waals surface area contributed by atoms with Gasteiger partial charge < -0.3 is 15.4 Å². The Labute approximate surface area is 126 Å². The highest BCUT2D eigenvalue weighted by Crippen LogP contribution is 2.29. The second kappa shape index (κ2) is 6.80. The van der Waals surface area contributed by atoms with Gasteiger partial charge in [0.1, 0.15) is 0 Å². The molecule has 2 N–H and O–H groups in total. The van der Waals surface area contributed by atoms with Crippen LogP contribution >= 0.6 is 0 Å². The average molecular weight is 291 g/mol. The van der Waals surface area contributed by atoms with E-state index in [1.807, 2.05) is 13.0 Å². The van der Waals surface area contributed by atoms with Crippen LogP contribution in [0.15, 0.2) is 18.2 Å². The normalized spacial score (nSPS) is 16.3. The lowest BCUT2D eigenvalue weighted by molar-refractivity contribution is 0.0527. The zero-order chi connectivity index (χ0) is 15.4. The molecule has 5 heteroatoms. The monoisotopic (exact) mass is 291 g/mol. The Hall–Kier alpha value is -1.75. The van der Waals surface area contributed by atoms with Gasteiger partial charge in [0, 0.05) is 32.2 Å². The summed E-state index contributed by atoms with van der Waals surface area (Å²) in [6, 6.07) is 5.98. The molecule has 1 aliphatic heterocycles. The van der Waals surface area contributed by atoms with Crippen molar-refractivity contribution in [1.82, 2.24) is 4.90 Å². The minimum Gasteiger partial charge on any atom is -0.462 e. The highest BCUT2D eigenvalue weighted by atomic mass is 16.5. The van der Waals surface area contributed by atoms with E-state index in [2.05, 4.69) is 23.6 Å². The van der Waals surface area contributed by atoms with E-state index in [0.717, 1.165) is 31.9 Å². The van der Waals surface area contributed by atoms with Gasteiger partial charge >= 0.3 is 5.97 Å². The summed E-state index contributed by atoms with van der Waals surface area (Å²) in [5.74, 6) is -0.300. The molecule has 1 aromatic rings. The van der Waals surface area contributed by atoms with Crippen molar-refractivity contribution < 1.29 is 9.53 Å². The van der Waals surface area contributed by atoms with Gasteiger partial charge in [0.15, 0.2) is 0 Å². The van der Waals surface area contributed by atoms with Crippen molar-refractivity contribution in [3.8, 4) is 0 Å². The highest BCUT2D eigenvalue weighted by Gasteiger charge is 2.24. The molecule has 0 radical (unpaired) electrons. The van der Waals surface area contributed by atoms with Gasteiger partial charge in [-0.2, -0.15) is 0 Å². The van der Waals surface area contributed by atoms with Crippen LogP contribution in [-0.2, 0) is 4.74 Å². The second-order valence-electron chi connectivity index (χ2n) is 5.58. The fourth-order valence-corrected chi connectivity index (χ4v) is 2.75. The average Bonchev–Trinajstić information content (AvgIpc) is 2.47. The molecule has 1 heterocycles. The maximum atomic E-state index is 12.1. The van der Waals surface area contributed by atoms with Crippen LogP contribution in [0.1, 0.15) is 31.1 Å². The van der Waals surface area contributed by atoms with Crippen molar-refractivity contribution in [2.75, 3.05) is 43.4 Å². The number of benzene rings is 1. The van der Waals surface area contributed by atoms with Crippen LogP contribution in [0.3, 0.4) is 0 Å². The van der Waals surface area contributed by atoms with Crippen LogP contribution in [0.2, 0.25) is 0 Å². The van der Waals surface area contributed by atoms with E-state index in [4.69, 9.17) is 10.5 Å². The summed E-state index contributed by atoms with van der Waals surface area (Å²) in [4.78, 5) is 16.7. The van der Waals surface area contributed by atoms with Gasteiger partial charge in [0.2, 0.25) is 0 Å². The predicted octanol–water partition coefficient (Wildman–Crippen LogP) is 1.98. The number of ether oxygens (including phenoxy) is 1. The lowest BCUT2D eigenvalue weighted by Gasteiger charge is -2.39. The van der Waals surface area contributed by atoms with E-state index in [1.165, 1.54) is 0 Å². The molecule has 1 saturated heterocycles. The van der Waals surface area contributed by atoms with Crippen molar-refractivity contribution in [3.05, 3.63) is 23.8 Å². The maximum Gasteiger partial charge on any atom is 0.340 e. The second-order valence-corrected chi connectivity index (χ2v) is 5.58. The molecule has 0 aliphatic carbocycles. The number of nitrogen functional groups attached to an aromatic ring is 1. The molecule has 0 saturated carbocycles. The van der Waals surface area contributed by atoms with E-state index < -0.39 is 0 Å². The van der Waals surface area contributed by atoms with Gasteiger partial charge in [0.05, 0.1) is 23.5 Å². The number of esters is 1. The third kappa shape index (κ3) is 3.47. The van der Waals surface area contributed by atoms with Gasteiger partial charge in [-0.3, -0.25) is 4.90 Å². The molecule has 0 aromatic heterocycles. The molecule has 0 atom stereocenters. The van der Waals surface area contributed by atoms with Gasteiger partial charge in [-0.1, -0.05) is 6.07 Å². The lowest BCUT2D eigenvalue weighted by Crippen LogP contribution is -2.49. The molecule has 21 heavy (non-hydrogen) atoms. The smallest absolute Gasteiger partial charge is 0.340 e. The molecule has 5 nitrogen and oxygen atoms in total. The fourth-order valence-electron chi connectivity index (χ4n) is 2.75. The van der Waals surface area contributed by atoms with E-state index in [0.29, 0.717) is 23.9 Å². The Morgan fingerprint density at radius 2 is 1.95 bits per heavy atom. The summed E-state index contributed by atoms with van der Waals surface area (Å²) in [6.45, 7) is 10.3. The molecule has 116 valence electrons. The molecule has 0 amide bonds. The number of hydrogen-bond donors (Lipinski definition) is 1. The van der Waals surface area contributed by atoms with Crippen LogP contribution in [0, 0.1) is 0 Å². The Balaban J connectivity index is 2.22. The van der Waals surface area contributed by atoms with Gasteiger partial charge in [-0.15, -0.1) is 0 Å². The van der Waals surface area contributed by atoms with Crippen molar-refractivity contribution in [2.45, 2.75) is 26.8 Å². The molecule has 0 unspecified atom stereocenters. The zero-order valence-electron chi connectivity index (χ0n) is 13.1. The fraction of sp³-hybridized carbons (Fsp3) is 0.562. The number of nitrogens with two attached hydrogens (primary N) is 1. The Morgan fingerprint density at radius 1 is 1.29 bits per heavy atom. The first kappa shape index (κ1) is 15.6. The van der Waals surface area contributed by atoms with Crippen LogP contribution in [0.25, 0.3) is 0 Å². The third-order valence-corrected chi connectivity index (χ3v) is 3.92. The van der Waals surface area contributed by atoms with Crippen molar-refractivity contribution in [1.29, 1.82) is 0 Å². The van der Waals surface area contributed by atoms with E-state index in [1.54, 1.807) is 12.1 Å². The highest BCUT2D eigenvalue weighted by molar-refractivity contribution is 5.99. The molecule has 2 rings (SSSR count). The number of piperazine rings is 1. The summed E-state index contributed by atoms with van der Waals surface area (Å²) in [5.41, 5.74) is 8.14. The Kier molecular flexibility index (Phi) is 5.07. The predicted molar refractivity (Wildman–Crippen MR) is 85.7 cm³/mol. The number of hydrogen-bond acceptors (Lipinski definition) is 5. The van der Waals surface area contributed by atoms with Crippen LogP contribution in [-0.4, -0.2) is 49.7 Å². The SMILES string of the molecule is CCOC(=O)c1cccc(N)c1N1CCN(C(C)C)CC1. The number of nitrogens with zero attached hydrogens (tertiary/aromatic N) is 2. The molecule has 0 bridgehead atoms. The van der Waals surface area contributed by atoms with E-state index in [-0.39, 0.29) is 5.97 Å². The Bertz CT molecular complexity index is 494. The summed E-state index contributed by atoms with van der Waals surface area (Å²) >= 11 is 0. The third-order valence-electron chi connectivity index (χ3n) is 3.92. The number of anilines is 2. The summed E-state index contributed by atoms with van der Waals surface area (Å²) in [7, 11) is 0. The number of carbonyl (C=O) groups is 1. The Morgan fingerprint density at radius 3 is 2.52 bits per heavy atom. The minimum absolute atomic E-state index is 0.300. The standard InChI is InChI=1S/C16H25N3O2/c1-4-21-16(20)13-6-5-7-14(17)15(13)19-10-8-18(9-11-19)12(2)3/h5-7,12H,4,8-11,17H2,1-3H3. The lowest BCUT2D eigenvalue weighted by atomic mass is 10.1. The summed E-state index contributed by atoms with van der Waals surface area (Å²) < 4.78 is 5.14. The van der Waals surface area contributed by atoms with Crippen molar-refractivity contribution >= 4 is 17.3 Å². The molecule has 1 aliphatic rings. The largest absolute Gasteiger partial charge is 0.462 e. The number of para-hydroxylation sites is 1. The first-order valence-corrected chi connectivity index (χ1v) is 7.59. The van der Waals surface area contributed by atoms with E-state index in [9.17, 15) is 4.79 Å². The zero-order valence-corrected chi connectivity index (χ0v) is 13.1. The molecule has 1 fully saturated rings. The number of rotatable bonds is 4. The van der Waals surface area contributed by atoms with Gasteiger partial charge in [0.25, 0.3) is 0 Å². The topological polar surface area (TPSA) is 58.8 Å².